The van der Waals surface area contributed by atoms with E-state index in [1.165, 1.54) is 86.2 Å². The Hall–Kier alpha value is -3.64. The molecule has 0 aliphatic heterocycles. The molecule has 0 aromatic heterocycles. The van der Waals surface area contributed by atoms with Crippen molar-refractivity contribution in [3.63, 3.8) is 0 Å². The van der Waals surface area contributed by atoms with Crippen LogP contribution in [-0.4, -0.2) is 23.0 Å². The standard InChI is InChI=1S/C29H30O6.ClH/c1-2-3-4-5-6-7-8-21-9-11-23(12-10-21)28(32)35-26-19-15-24(16-20-26)29(33)34-25-17-13-22(14-18-25)27(30)31;/h9-20H,2-8H2,1H3,(H,30,31);1H. The molecule has 0 heterocycles. The van der Waals surface area contributed by atoms with Crippen molar-refractivity contribution in [2.24, 2.45) is 0 Å². The highest BCUT2D eigenvalue weighted by atomic mass is 35.5. The molecular formula is C29H31ClO6. The topological polar surface area (TPSA) is 89.9 Å². The van der Waals surface area contributed by atoms with Crippen LogP contribution in [0.25, 0.3) is 0 Å². The maximum atomic E-state index is 12.5. The number of carboxylic acid groups (broad SMARTS) is 1. The molecule has 0 unspecified atom stereocenters. The fraction of sp³-hybridized carbons (Fsp3) is 0.276. The quantitative estimate of drug-likeness (QED) is 0.158. The van der Waals surface area contributed by atoms with Gasteiger partial charge in [0.25, 0.3) is 0 Å². The van der Waals surface area contributed by atoms with Gasteiger partial charge in [-0.15, -0.1) is 12.4 Å². The number of carbonyl (C=O) groups excluding carboxylic acids is 2. The SMILES string of the molecule is CCCCCCCCc1ccc(C(=O)Oc2ccc(C(=O)Oc3ccc(C(=O)O)cc3)cc2)cc1.Cl. The summed E-state index contributed by atoms with van der Waals surface area (Å²) in [5.74, 6) is -1.59. The Balaban J connectivity index is 0.00000456. The predicted molar refractivity (Wildman–Crippen MR) is 141 cm³/mol. The minimum absolute atomic E-state index is 0. The van der Waals surface area contributed by atoms with E-state index in [0.717, 1.165) is 12.8 Å². The van der Waals surface area contributed by atoms with Crippen LogP contribution in [0.5, 0.6) is 11.5 Å². The van der Waals surface area contributed by atoms with E-state index in [4.69, 9.17) is 14.6 Å². The first-order valence-electron chi connectivity index (χ1n) is 11.9. The number of esters is 2. The summed E-state index contributed by atoms with van der Waals surface area (Å²) >= 11 is 0. The molecule has 0 saturated carbocycles. The molecule has 0 spiro atoms. The van der Waals surface area contributed by atoms with Crippen molar-refractivity contribution in [2.75, 3.05) is 0 Å². The average molecular weight is 511 g/mol. The minimum atomic E-state index is -1.06. The third-order valence-electron chi connectivity index (χ3n) is 5.62. The summed E-state index contributed by atoms with van der Waals surface area (Å²) in [5, 5.41) is 8.93. The molecule has 0 bridgehead atoms. The Labute approximate surface area is 217 Å². The third-order valence-corrected chi connectivity index (χ3v) is 5.62. The average Bonchev–Trinajstić information content (AvgIpc) is 2.87. The Bertz CT molecular complexity index is 1120. The van der Waals surface area contributed by atoms with Crippen LogP contribution in [0, 0.1) is 0 Å². The number of carbonyl (C=O) groups is 3. The molecule has 3 aromatic rings. The number of unbranched alkanes of at least 4 members (excludes halogenated alkanes) is 5. The van der Waals surface area contributed by atoms with Gasteiger partial charge in [0.1, 0.15) is 11.5 Å². The summed E-state index contributed by atoms with van der Waals surface area (Å²) in [7, 11) is 0. The zero-order valence-electron chi connectivity index (χ0n) is 20.3. The summed E-state index contributed by atoms with van der Waals surface area (Å²) in [6.45, 7) is 2.21. The number of benzene rings is 3. The van der Waals surface area contributed by atoms with E-state index in [2.05, 4.69) is 6.92 Å². The Morgan fingerprint density at radius 1 is 0.611 bits per heavy atom. The highest BCUT2D eigenvalue weighted by Gasteiger charge is 2.12. The van der Waals surface area contributed by atoms with Crippen LogP contribution in [0.2, 0.25) is 0 Å². The van der Waals surface area contributed by atoms with Crippen LogP contribution in [0.15, 0.2) is 72.8 Å². The van der Waals surface area contributed by atoms with Crippen molar-refractivity contribution in [3.8, 4) is 11.5 Å². The predicted octanol–water partition coefficient (Wildman–Crippen LogP) is 7.15. The Kier molecular flexibility index (Phi) is 11.7. The van der Waals surface area contributed by atoms with E-state index in [-0.39, 0.29) is 29.3 Å². The van der Waals surface area contributed by atoms with E-state index in [1.54, 1.807) is 12.1 Å². The molecule has 7 heteroatoms. The maximum absolute atomic E-state index is 12.5. The van der Waals surface area contributed by atoms with Crippen molar-refractivity contribution >= 4 is 30.3 Å². The second kappa shape index (κ2) is 14.7. The number of halogens is 1. The molecular weight excluding hydrogens is 480 g/mol. The van der Waals surface area contributed by atoms with Gasteiger partial charge in [-0.1, -0.05) is 51.2 Å². The van der Waals surface area contributed by atoms with E-state index < -0.39 is 17.9 Å². The zero-order chi connectivity index (χ0) is 25.0. The van der Waals surface area contributed by atoms with Crippen LogP contribution in [0.1, 0.15) is 82.1 Å². The van der Waals surface area contributed by atoms with Gasteiger partial charge in [-0.2, -0.15) is 0 Å². The summed E-state index contributed by atoms with van der Waals surface area (Å²) in [6, 6.07) is 19.1. The lowest BCUT2D eigenvalue weighted by Gasteiger charge is -2.07. The lowest BCUT2D eigenvalue weighted by molar-refractivity contribution is 0.0694. The second-order valence-corrected chi connectivity index (χ2v) is 8.35. The molecule has 3 rings (SSSR count). The van der Waals surface area contributed by atoms with Crippen LogP contribution < -0.4 is 9.47 Å². The maximum Gasteiger partial charge on any atom is 0.343 e. The van der Waals surface area contributed by atoms with Gasteiger partial charge in [0.2, 0.25) is 0 Å². The number of aryl methyl sites for hydroxylation is 1. The van der Waals surface area contributed by atoms with E-state index in [9.17, 15) is 14.4 Å². The van der Waals surface area contributed by atoms with Gasteiger partial charge < -0.3 is 14.6 Å². The van der Waals surface area contributed by atoms with Gasteiger partial charge in [-0.3, -0.25) is 0 Å². The lowest BCUT2D eigenvalue weighted by Crippen LogP contribution is -2.10. The molecule has 0 amide bonds. The van der Waals surface area contributed by atoms with E-state index in [0.29, 0.717) is 11.3 Å². The van der Waals surface area contributed by atoms with E-state index in [1.807, 2.05) is 12.1 Å². The largest absolute Gasteiger partial charge is 0.478 e. The first-order chi connectivity index (χ1) is 17.0. The molecule has 0 atom stereocenters. The van der Waals surface area contributed by atoms with Crippen molar-refractivity contribution in [3.05, 3.63) is 95.1 Å². The van der Waals surface area contributed by atoms with Crippen molar-refractivity contribution in [2.45, 2.75) is 51.9 Å². The molecule has 0 aliphatic carbocycles. The smallest absolute Gasteiger partial charge is 0.343 e. The molecule has 6 nitrogen and oxygen atoms in total. The lowest BCUT2D eigenvalue weighted by atomic mass is 10.0. The number of hydrogen-bond acceptors (Lipinski definition) is 5. The summed E-state index contributed by atoms with van der Waals surface area (Å²) in [5.41, 5.74) is 2.04. The number of aromatic carboxylic acids is 1. The van der Waals surface area contributed by atoms with Gasteiger partial charge in [0, 0.05) is 0 Å². The first kappa shape index (κ1) is 28.6. The van der Waals surface area contributed by atoms with Crippen molar-refractivity contribution in [1.82, 2.24) is 0 Å². The van der Waals surface area contributed by atoms with Crippen molar-refractivity contribution in [1.29, 1.82) is 0 Å². The monoisotopic (exact) mass is 510 g/mol. The molecule has 36 heavy (non-hydrogen) atoms. The summed E-state index contributed by atoms with van der Waals surface area (Å²) < 4.78 is 10.7. The highest BCUT2D eigenvalue weighted by Crippen LogP contribution is 2.18. The minimum Gasteiger partial charge on any atom is -0.478 e. The first-order valence-corrected chi connectivity index (χ1v) is 11.9. The Morgan fingerprint density at radius 3 is 1.50 bits per heavy atom. The third kappa shape index (κ3) is 8.86. The molecule has 0 saturated heterocycles. The number of hydrogen-bond donors (Lipinski definition) is 1. The molecule has 190 valence electrons. The normalized spacial score (nSPS) is 10.2. The summed E-state index contributed by atoms with van der Waals surface area (Å²) in [4.78, 5) is 35.7. The molecule has 3 aromatic carbocycles. The van der Waals surface area contributed by atoms with Crippen LogP contribution >= 0.6 is 12.4 Å². The van der Waals surface area contributed by atoms with Gasteiger partial charge >= 0.3 is 17.9 Å². The fourth-order valence-electron chi connectivity index (χ4n) is 3.57. The van der Waals surface area contributed by atoms with Gasteiger partial charge in [-0.25, -0.2) is 14.4 Å². The van der Waals surface area contributed by atoms with Gasteiger partial charge in [0.05, 0.1) is 16.7 Å². The number of carboxylic acids is 1. The van der Waals surface area contributed by atoms with Crippen molar-refractivity contribution < 1.29 is 29.0 Å². The van der Waals surface area contributed by atoms with Crippen LogP contribution in [0.4, 0.5) is 0 Å². The molecule has 1 N–H and O–H groups in total. The molecule has 0 fully saturated rings. The van der Waals surface area contributed by atoms with Crippen LogP contribution in [0.3, 0.4) is 0 Å². The van der Waals surface area contributed by atoms with Gasteiger partial charge in [-0.05, 0) is 79.1 Å². The summed E-state index contributed by atoms with van der Waals surface area (Å²) in [6.07, 6.45) is 8.50. The number of ether oxygens (including phenoxy) is 2. The Morgan fingerprint density at radius 2 is 1.03 bits per heavy atom. The molecule has 0 aliphatic rings. The molecule has 0 radical (unpaired) electrons. The van der Waals surface area contributed by atoms with Crippen LogP contribution in [-0.2, 0) is 6.42 Å². The number of rotatable bonds is 12. The zero-order valence-corrected chi connectivity index (χ0v) is 21.1. The highest BCUT2D eigenvalue weighted by molar-refractivity contribution is 5.93. The second-order valence-electron chi connectivity index (χ2n) is 8.35. The van der Waals surface area contributed by atoms with E-state index >= 15 is 0 Å². The fourth-order valence-corrected chi connectivity index (χ4v) is 3.57. The van der Waals surface area contributed by atoms with Gasteiger partial charge in [0.15, 0.2) is 0 Å².